The van der Waals surface area contributed by atoms with Gasteiger partial charge in [0, 0.05) is 42.0 Å². The van der Waals surface area contributed by atoms with Crippen molar-refractivity contribution in [3.05, 3.63) is 65.5 Å². The lowest BCUT2D eigenvalue weighted by Crippen LogP contribution is -2.19. The first-order valence-corrected chi connectivity index (χ1v) is 9.70. The minimum atomic E-state index is 0.107. The molecule has 0 fully saturated rings. The highest BCUT2D eigenvalue weighted by molar-refractivity contribution is 5.94. The molecule has 27 heavy (non-hydrogen) atoms. The normalized spacial score (nSPS) is 14.3. The molecule has 0 saturated carbocycles. The van der Waals surface area contributed by atoms with Crippen molar-refractivity contribution in [2.45, 2.75) is 46.1 Å². The maximum absolute atomic E-state index is 11.6. The molecule has 2 aromatic heterocycles. The van der Waals surface area contributed by atoms with Crippen LogP contribution in [-0.2, 0) is 17.8 Å². The predicted molar refractivity (Wildman–Crippen MR) is 111 cm³/mol. The molecule has 1 aliphatic heterocycles. The Morgan fingerprint density at radius 3 is 3.00 bits per heavy atom. The quantitative estimate of drug-likeness (QED) is 0.683. The number of nitrogens with zero attached hydrogens (tertiary/aromatic N) is 2. The van der Waals surface area contributed by atoms with E-state index in [1.165, 1.54) is 27.6 Å². The number of nitrogens with one attached hydrogen (secondary N) is 1. The topological polar surface area (TPSA) is 46.9 Å². The average molecular weight is 359 g/mol. The summed E-state index contributed by atoms with van der Waals surface area (Å²) in [5.41, 5.74) is 7.09. The van der Waals surface area contributed by atoms with Crippen molar-refractivity contribution < 1.29 is 4.79 Å². The van der Waals surface area contributed by atoms with Crippen LogP contribution in [0.3, 0.4) is 0 Å². The maximum Gasteiger partial charge on any atom is 0.224 e. The SMILES string of the molecule is C/C=C(\CCC)c1cn(Cc2ccc3c(c2)CCC(=O)N3)c2ncccc12. The highest BCUT2D eigenvalue weighted by Gasteiger charge is 2.16. The summed E-state index contributed by atoms with van der Waals surface area (Å²) in [6.07, 6.45) is 9.90. The molecule has 3 aromatic rings. The molecular weight excluding hydrogens is 334 g/mol. The molecule has 0 spiro atoms. The van der Waals surface area contributed by atoms with Crippen LogP contribution in [0.4, 0.5) is 5.69 Å². The number of anilines is 1. The molecule has 0 atom stereocenters. The van der Waals surface area contributed by atoms with Gasteiger partial charge in [-0.25, -0.2) is 4.98 Å². The van der Waals surface area contributed by atoms with Crippen molar-refractivity contribution in [3.63, 3.8) is 0 Å². The lowest BCUT2D eigenvalue weighted by atomic mass is 10.0. The monoisotopic (exact) mass is 359 g/mol. The van der Waals surface area contributed by atoms with Crippen molar-refractivity contribution in [1.29, 1.82) is 0 Å². The second-order valence-corrected chi connectivity index (χ2v) is 7.15. The Balaban J connectivity index is 1.71. The van der Waals surface area contributed by atoms with Gasteiger partial charge in [0.1, 0.15) is 5.65 Å². The van der Waals surface area contributed by atoms with Crippen LogP contribution in [0.2, 0.25) is 0 Å². The van der Waals surface area contributed by atoms with E-state index in [2.05, 4.69) is 59.2 Å². The van der Waals surface area contributed by atoms with Crippen LogP contribution in [-0.4, -0.2) is 15.5 Å². The summed E-state index contributed by atoms with van der Waals surface area (Å²) in [6, 6.07) is 10.5. The van der Waals surface area contributed by atoms with Crippen molar-refractivity contribution in [2.75, 3.05) is 5.32 Å². The zero-order valence-electron chi connectivity index (χ0n) is 16.0. The van der Waals surface area contributed by atoms with Crippen LogP contribution in [0, 0.1) is 0 Å². The van der Waals surface area contributed by atoms with E-state index >= 15 is 0 Å². The standard InChI is InChI=1S/C23H25N3O/c1-3-6-17(4-2)20-15-26(23-19(20)7-5-12-24-23)14-16-8-10-21-18(13-16)9-11-22(27)25-21/h4-5,7-8,10,12-13,15H,3,6,9,11,14H2,1-2H3,(H,25,27)/b17-4+. The lowest BCUT2D eigenvalue weighted by Gasteiger charge is -2.17. The number of amides is 1. The number of aryl methyl sites for hydroxylation is 1. The number of fused-ring (bicyclic) bond motifs is 2. The van der Waals surface area contributed by atoms with Gasteiger partial charge in [0.05, 0.1) is 0 Å². The van der Waals surface area contributed by atoms with Crippen molar-refractivity contribution in [3.8, 4) is 0 Å². The van der Waals surface area contributed by atoms with Crippen molar-refractivity contribution >= 4 is 28.2 Å². The summed E-state index contributed by atoms with van der Waals surface area (Å²) in [5, 5.41) is 4.17. The Bertz CT molecular complexity index is 1030. The molecule has 0 saturated heterocycles. The average Bonchev–Trinajstić information content (AvgIpc) is 3.05. The Morgan fingerprint density at radius 2 is 2.19 bits per heavy atom. The third-order valence-corrected chi connectivity index (χ3v) is 5.27. The fourth-order valence-corrected chi connectivity index (χ4v) is 3.93. The number of rotatable bonds is 5. The summed E-state index contributed by atoms with van der Waals surface area (Å²) in [7, 11) is 0. The van der Waals surface area contributed by atoms with Gasteiger partial charge in [0.15, 0.2) is 0 Å². The highest BCUT2D eigenvalue weighted by atomic mass is 16.1. The molecular formula is C23H25N3O. The first kappa shape index (κ1) is 17.5. The molecule has 0 radical (unpaired) electrons. The molecule has 3 heterocycles. The highest BCUT2D eigenvalue weighted by Crippen LogP contribution is 2.30. The van der Waals surface area contributed by atoms with Gasteiger partial charge in [0.2, 0.25) is 5.91 Å². The summed E-state index contributed by atoms with van der Waals surface area (Å²) in [4.78, 5) is 16.2. The van der Waals surface area contributed by atoms with E-state index in [0.29, 0.717) is 6.42 Å². The predicted octanol–water partition coefficient (Wildman–Crippen LogP) is 5.17. The molecule has 4 rings (SSSR count). The molecule has 4 heteroatoms. The van der Waals surface area contributed by atoms with Crippen LogP contribution in [0.15, 0.2) is 48.8 Å². The van der Waals surface area contributed by atoms with Crippen LogP contribution < -0.4 is 5.32 Å². The van der Waals surface area contributed by atoms with Gasteiger partial charge in [-0.3, -0.25) is 4.79 Å². The summed E-state index contributed by atoms with van der Waals surface area (Å²) < 4.78 is 2.24. The number of pyridine rings is 1. The Labute approximate surface area is 159 Å². The zero-order chi connectivity index (χ0) is 18.8. The number of benzene rings is 1. The van der Waals surface area contributed by atoms with Crippen molar-refractivity contribution in [2.24, 2.45) is 0 Å². The van der Waals surface area contributed by atoms with E-state index in [1.807, 2.05) is 18.3 Å². The zero-order valence-corrected chi connectivity index (χ0v) is 16.0. The Hall–Kier alpha value is -2.88. The van der Waals surface area contributed by atoms with Gasteiger partial charge in [-0.2, -0.15) is 0 Å². The number of hydrogen-bond acceptors (Lipinski definition) is 2. The van der Waals surface area contributed by atoms with E-state index in [0.717, 1.165) is 37.1 Å². The van der Waals surface area contributed by atoms with E-state index < -0.39 is 0 Å². The van der Waals surface area contributed by atoms with Gasteiger partial charge < -0.3 is 9.88 Å². The minimum absolute atomic E-state index is 0.107. The molecule has 1 aromatic carbocycles. The second kappa shape index (κ2) is 7.39. The molecule has 138 valence electrons. The largest absolute Gasteiger partial charge is 0.327 e. The van der Waals surface area contributed by atoms with E-state index in [4.69, 9.17) is 0 Å². The van der Waals surface area contributed by atoms with Gasteiger partial charge in [-0.15, -0.1) is 0 Å². The molecule has 1 amide bonds. The number of aromatic nitrogens is 2. The maximum atomic E-state index is 11.6. The van der Waals surface area contributed by atoms with Gasteiger partial charge in [-0.1, -0.05) is 31.6 Å². The van der Waals surface area contributed by atoms with Crippen LogP contribution in [0.25, 0.3) is 16.6 Å². The second-order valence-electron chi connectivity index (χ2n) is 7.15. The molecule has 0 aliphatic carbocycles. The van der Waals surface area contributed by atoms with E-state index in [-0.39, 0.29) is 5.91 Å². The van der Waals surface area contributed by atoms with Gasteiger partial charge in [0.25, 0.3) is 0 Å². The van der Waals surface area contributed by atoms with E-state index in [1.54, 1.807) is 0 Å². The molecule has 0 bridgehead atoms. The van der Waals surface area contributed by atoms with Crippen LogP contribution in [0.5, 0.6) is 0 Å². The fraction of sp³-hybridized carbons (Fsp3) is 0.304. The van der Waals surface area contributed by atoms with Crippen molar-refractivity contribution in [1.82, 2.24) is 9.55 Å². The Morgan fingerprint density at radius 1 is 1.30 bits per heavy atom. The third-order valence-electron chi connectivity index (χ3n) is 5.27. The van der Waals surface area contributed by atoms with E-state index in [9.17, 15) is 4.79 Å². The summed E-state index contributed by atoms with van der Waals surface area (Å²) in [5.74, 6) is 0.107. The minimum Gasteiger partial charge on any atom is -0.327 e. The smallest absolute Gasteiger partial charge is 0.224 e. The molecule has 0 unspecified atom stereocenters. The first-order chi connectivity index (χ1) is 13.2. The lowest BCUT2D eigenvalue weighted by molar-refractivity contribution is -0.116. The first-order valence-electron chi connectivity index (χ1n) is 9.70. The van der Waals surface area contributed by atoms with Gasteiger partial charge >= 0.3 is 0 Å². The van der Waals surface area contributed by atoms with Gasteiger partial charge in [-0.05, 0) is 54.7 Å². The number of carbonyl (C=O) groups excluding carboxylic acids is 1. The third kappa shape index (κ3) is 3.39. The van der Waals surface area contributed by atoms with Crippen LogP contribution >= 0.6 is 0 Å². The summed E-state index contributed by atoms with van der Waals surface area (Å²) in [6.45, 7) is 5.10. The summed E-state index contributed by atoms with van der Waals surface area (Å²) >= 11 is 0. The number of carbonyl (C=O) groups is 1. The molecule has 4 nitrogen and oxygen atoms in total. The molecule has 1 aliphatic rings. The van der Waals surface area contributed by atoms with Crippen LogP contribution in [0.1, 0.15) is 49.8 Å². The number of allylic oxidation sites excluding steroid dienone is 2. The molecule has 1 N–H and O–H groups in total. The fourth-order valence-electron chi connectivity index (χ4n) is 3.93. The number of hydrogen-bond donors (Lipinski definition) is 1. The Kier molecular flexibility index (Phi) is 4.80.